The van der Waals surface area contributed by atoms with Gasteiger partial charge in [0.05, 0.1) is 24.5 Å². The van der Waals surface area contributed by atoms with Crippen molar-refractivity contribution in [2.75, 3.05) is 5.32 Å². The van der Waals surface area contributed by atoms with Gasteiger partial charge < -0.3 is 19.4 Å². The number of para-hydroxylation sites is 1. The van der Waals surface area contributed by atoms with Gasteiger partial charge in [0.15, 0.2) is 0 Å². The number of nitrogens with zero attached hydrogens (tertiary/aromatic N) is 1. The van der Waals surface area contributed by atoms with Gasteiger partial charge in [0.1, 0.15) is 17.7 Å². The molecule has 1 aliphatic rings. The lowest BCUT2D eigenvalue weighted by atomic mass is 9.97. The molecule has 4 aromatic rings. The van der Waals surface area contributed by atoms with Crippen molar-refractivity contribution < 1.29 is 13.9 Å². The topological polar surface area (TPSA) is 54.7 Å². The standard InChI is InChI=1S/C27H26N2O3/c1-3-18(2)32-24-15-14-19-9-4-5-11-21(19)25(24)26-28-23-13-7-6-12-22(23)27(30)29(26)17-20-10-8-16-31-20/h4-16,18,26,28H,3,17H2,1-2H3. The van der Waals surface area contributed by atoms with E-state index in [9.17, 15) is 4.79 Å². The molecule has 0 spiro atoms. The summed E-state index contributed by atoms with van der Waals surface area (Å²) in [5, 5.41) is 5.77. The number of hydrogen-bond donors (Lipinski definition) is 1. The zero-order valence-electron chi connectivity index (χ0n) is 18.2. The Kier molecular flexibility index (Phi) is 5.31. The molecule has 0 fully saturated rings. The van der Waals surface area contributed by atoms with Crippen LogP contribution < -0.4 is 10.1 Å². The second-order valence-electron chi connectivity index (χ2n) is 8.14. The first-order chi connectivity index (χ1) is 15.7. The van der Waals surface area contributed by atoms with Crippen LogP contribution in [0.3, 0.4) is 0 Å². The second-order valence-corrected chi connectivity index (χ2v) is 8.14. The van der Waals surface area contributed by atoms with Gasteiger partial charge in [-0.3, -0.25) is 4.79 Å². The predicted octanol–water partition coefficient (Wildman–Crippen LogP) is 6.38. The summed E-state index contributed by atoms with van der Waals surface area (Å²) in [6.45, 7) is 4.52. The number of anilines is 1. The van der Waals surface area contributed by atoms with Gasteiger partial charge in [0.25, 0.3) is 5.91 Å². The number of nitrogens with one attached hydrogen (secondary N) is 1. The Hall–Kier alpha value is -3.73. The molecule has 2 atom stereocenters. The highest BCUT2D eigenvalue weighted by Gasteiger charge is 2.36. The molecule has 1 aliphatic heterocycles. The molecular weight excluding hydrogens is 400 g/mol. The Morgan fingerprint density at radius 3 is 2.66 bits per heavy atom. The Balaban J connectivity index is 1.70. The van der Waals surface area contributed by atoms with Crippen LogP contribution in [0.4, 0.5) is 5.69 Å². The maximum atomic E-state index is 13.7. The van der Waals surface area contributed by atoms with E-state index < -0.39 is 6.17 Å². The average Bonchev–Trinajstić information content (AvgIpc) is 3.34. The number of ether oxygens (including phenoxy) is 1. The number of amides is 1. The summed E-state index contributed by atoms with van der Waals surface area (Å²) in [4.78, 5) is 15.5. The van der Waals surface area contributed by atoms with E-state index in [2.05, 4.69) is 37.4 Å². The molecule has 0 saturated carbocycles. The first-order valence-corrected chi connectivity index (χ1v) is 11.0. The maximum Gasteiger partial charge on any atom is 0.258 e. The molecule has 5 rings (SSSR count). The Morgan fingerprint density at radius 1 is 1.03 bits per heavy atom. The third-order valence-corrected chi connectivity index (χ3v) is 6.04. The van der Waals surface area contributed by atoms with Gasteiger partial charge in [-0.05, 0) is 54.4 Å². The molecule has 0 radical (unpaired) electrons. The van der Waals surface area contributed by atoms with Gasteiger partial charge in [-0.25, -0.2) is 0 Å². The molecule has 5 heteroatoms. The maximum absolute atomic E-state index is 13.7. The van der Waals surface area contributed by atoms with Crippen molar-refractivity contribution in [1.82, 2.24) is 4.90 Å². The van der Waals surface area contributed by atoms with E-state index in [1.165, 1.54) is 0 Å². The van der Waals surface area contributed by atoms with Gasteiger partial charge in [0.2, 0.25) is 0 Å². The molecular formula is C27H26N2O3. The largest absolute Gasteiger partial charge is 0.490 e. The SMILES string of the molecule is CCC(C)Oc1ccc2ccccc2c1C1Nc2ccccc2C(=O)N1Cc1ccco1. The molecule has 1 amide bonds. The molecule has 1 N–H and O–H groups in total. The van der Waals surface area contributed by atoms with Gasteiger partial charge in [0, 0.05) is 11.3 Å². The third kappa shape index (κ3) is 3.60. The fraction of sp³-hybridized carbons (Fsp3) is 0.222. The number of furan rings is 1. The number of benzene rings is 3. The van der Waals surface area contributed by atoms with Crippen LogP contribution in [0.5, 0.6) is 5.75 Å². The lowest BCUT2D eigenvalue weighted by molar-refractivity contribution is 0.0648. The van der Waals surface area contributed by atoms with Crippen LogP contribution in [-0.2, 0) is 6.54 Å². The quantitative estimate of drug-likeness (QED) is 0.389. The molecule has 5 nitrogen and oxygen atoms in total. The highest BCUT2D eigenvalue weighted by molar-refractivity contribution is 6.02. The van der Waals surface area contributed by atoms with Crippen LogP contribution >= 0.6 is 0 Å². The molecule has 2 unspecified atom stereocenters. The fourth-order valence-corrected chi connectivity index (χ4v) is 4.21. The number of rotatable bonds is 6. The van der Waals surface area contributed by atoms with Crippen molar-refractivity contribution >= 4 is 22.4 Å². The van der Waals surface area contributed by atoms with E-state index in [0.29, 0.717) is 12.1 Å². The lowest BCUT2D eigenvalue weighted by Crippen LogP contribution is -2.42. The number of hydrogen-bond acceptors (Lipinski definition) is 4. The summed E-state index contributed by atoms with van der Waals surface area (Å²) in [7, 11) is 0. The van der Waals surface area contributed by atoms with E-state index in [1.54, 1.807) is 6.26 Å². The normalized spacial score (nSPS) is 16.5. The molecule has 0 aliphatic carbocycles. The molecule has 0 saturated heterocycles. The zero-order valence-corrected chi connectivity index (χ0v) is 18.2. The lowest BCUT2D eigenvalue weighted by Gasteiger charge is -2.39. The zero-order chi connectivity index (χ0) is 22.1. The number of fused-ring (bicyclic) bond motifs is 2. The summed E-state index contributed by atoms with van der Waals surface area (Å²) in [5.41, 5.74) is 2.43. The van der Waals surface area contributed by atoms with Crippen LogP contribution in [0.25, 0.3) is 10.8 Å². The Morgan fingerprint density at radius 2 is 1.84 bits per heavy atom. The molecule has 32 heavy (non-hydrogen) atoms. The van der Waals surface area contributed by atoms with Crippen molar-refractivity contribution in [2.45, 2.75) is 39.1 Å². The van der Waals surface area contributed by atoms with Crippen molar-refractivity contribution in [3.63, 3.8) is 0 Å². The first-order valence-electron chi connectivity index (χ1n) is 11.0. The van der Waals surface area contributed by atoms with Crippen molar-refractivity contribution in [2.24, 2.45) is 0 Å². The molecule has 3 aromatic carbocycles. The van der Waals surface area contributed by atoms with Crippen molar-refractivity contribution in [1.29, 1.82) is 0 Å². The van der Waals surface area contributed by atoms with E-state index in [4.69, 9.17) is 9.15 Å². The molecule has 1 aromatic heterocycles. The summed E-state index contributed by atoms with van der Waals surface area (Å²) in [6, 6.07) is 23.7. The number of carbonyl (C=O) groups is 1. The molecule has 2 heterocycles. The summed E-state index contributed by atoms with van der Waals surface area (Å²) < 4.78 is 12.0. The Labute approximate surface area is 187 Å². The Bertz CT molecular complexity index is 1250. The molecule has 0 bridgehead atoms. The second kappa shape index (κ2) is 8.42. The van der Waals surface area contributed by atoms with Crippen molar-refractivity contribution in [3.05, 3.63) is 95.9 Å². The average molecular weight is 427 g/mol. The van der Waals surface area contributed by atoms with Crippen LogP contribution in [0, 0.1) is 0 Å². The molecule has 162 valence electrons. The summed E-state index contributed by atoms with van der Waals surface area (Å²) in [5.74, 6) is 1.48. The van der Waals surface area contributed by atoms with Gasteiger partial charge in [-0.15, -0.1) is 0 Å². The highest BCUT2D eigenvalue weighted by Crippen LogP contribution is 2.41. The van der Waals surface area contributed by atoms with E-state index in [0.717, 1.165) is 40.0 Å². The predicted molar refractivity (Wildman–Crippen MR) is 126 cm³/mol. The van der Waals surface area contributed by atoms with Gasteiger partial charge in [-0.2, -0.15) is 0 Å². The summed E-state index contributed by atoms with van der Waals surface area (Å²) >= 11 is 0. The fourth-order valence-electron chi connectivity index (χ4n) is 4.21. The van der Waals surface area contributed by atoms with E-state index >= 15 is 0 Å². The van der Waals surface area contributed by atoms with E-state index in [-0.39, 0.29) is 12.0 Å². The minimum absolute atomic E-state index is 0.0387. The number of carbonyl (C=O) groups excluding carboxylic acids is 1. The highest BCUT2D eigenvalue weighted by atomic mass is 16.5. The monoisotopic (exact) mass is 426 g/mol. The minimum atomic E-state index is -0.410. The van der Waals surface area contributed by atoms with Gasteiger partial charge >= 0.3 is 0 Å². The minimum Gasteiger partial charge on any atom is -0.490 e. The smallest absolute Gasteiger partial charge is 0.258 e. The van der Waals surface area contributed by atoms with Crippen LogP contribution in [0.2, 0.25) is 0 Å². The van der Waals surface area contributed by atoms with Crippen LogP contribution in [0.15, 0.2) is 83.5 Å². The van der Waals surface area contributed by atoms with Crippen molar-refractivity contribution in [3.8, 4) is 5.75 Å². The van der Waals surface area contributed by atoms with Crippen LogP contribution in [-0.4, -0.2) is 16.9 Å². The summed E-state index contributed by atoms with van der Waals surface area (Å²) in [6.07, 6.45) is 2.17. The van der Waals surface area contributed by atoms with Gasteiger partial charge in [-0.1, -0.05) is 49.4 Å². The van der Waals surface area contributed by atoms with Crippen LogP contribution in [0.1, 0.15) is 48.1 Å². The van der Waals surface area contributed by atoms with E-state index in [1.807, 2.05) is 59.5 Å². The third-order valence-electron chi connectivity index (χ3n) is 6.04. The first kappa shape index (κ1) is 20.2.